The van der Waals surface area contributed by atoms with Crippen molar-refractivity contribution in [3.05, 3.63) is 103 Å². The zero-order valence-corrected chi connectivity index (χ0v) is 19.0. The van der Waals surface area contributed by atoms with Crippen LogP contribution in [-0.4, -0.2) is 11.6 Å². The fourth-order valence-electron chi connectivity index (χ4n) is 4.01. The van der Waals surface area contributed by atoms with Gasteiger partial charge in [0.1, 0.15) is 5.60 Å². The van der Waals surface area contributed by atoms with Crippen molar-refractivity contribution in [1.82, 2.24) is 0 Å². The molecule has 0 fully saturated rings. The molecule has 0 amide bonds. The molecule has 0 radical (unpaired) electrons. The number of hydrogen-bond acceptors (Lipinski definition) is 2. The van der Waals surface area contributed by atoms with Crippen LogP contribution in [0.15, 0.2) is 112 Å². The van der Waals surface area contributed by atoms with Crippen molar-refractivity contribution in [2.45, 2.75) is 53.4 Å². The molecule has 0 saturated heterocycles. The van der Waals surface area contributed by atoms with Crippen LogP contribution in [0, 0.1) is 5.92 Å². The lowest BCUT2D eigenvalue weighted by atomic mass is 9.83. The molecule has 0 N–H and O–H groups in total. The number of carbonyl (C=O) groups excluding carboxylic acids is 1. The van der Waals surface area contributed by atoms with Crippen LogP contribution in [0.5, 0.6) is 0 Å². The molecule has 2 nitrogen and oxygen atoms in total. The second kappa shape index (κ2) is 9.57. The summed E-state index contributed by atoms with van der Waals surface area (Å²) in [6, 6.07) is 29.0. The molecule has 0 spiro atoms. The molecule has 3 heteroatoms. The number of esters is 1. The number of hydrogen-bond donors (Lipinski definition) is 0. The molecule has 4 rings (SSSR count). The molecule has 0 aromatic heterocycles. The lowest BCUT2D eigenvalue weighted by Gasteiger charge is -2.33. The second-order valence-corrected chi connectivity index (χ2v) is 10.4. The van der Waals surface area contributed by atoms with Crippen LogP contribution in [0.2, 0.25) is 0 Å². The molecular weight excluding hydrogens is 400 g/mol. The topological polar surface area (TPSA) is 26.3 Å². The Labute approximate surface area is 188 Å². The molecule has 0 bridgehead atoms. The predicted molar refractivity (Wildman–Crippen MR) is 127 cm³/mol. The van der Waals surface area contributed by atoms with E-state index in [0.29, 0.717) is 5.56 Å². The van der Waals surface area contributed by atoms with E-state index in [1.165, 1.54) is 14.7 Å². The van der Waals surface area contributed by atoms with Gasteiger partial charge in [-0.25, -0.2) is 4.79 Å². The van der Waals surface area contributed by atoms with E-state index in [4.69, 9.17) is 4.74 Å². The summed E-state index contributed by atoms with van der Waals surface area (Å²) in [5.74, 6) is 0.0151. The third kappa shape index (κ3) is 5.11. The summed E-state index contributed by atoms with van der Waals surface area (Å²) >= 11 is 0. The van der Waals surface area contributed by atoms with Crippen molar-refractivity contribution >= 4 is 16.9 Å². The average molecular weight is 430 g/mol. The Bertz CT molecular complexity index is 984. The maximum absolute atomic E-state index is 12.9. The molecule has 0 saturated carbocycles. The van der Waals surface area contributed by atoms with Crippen molar-refractivity contribution < 1.29 is 9.53 Å². The van der Waals surface area contributed by atoms with Crippen LogP contribution in [0.25, 0.3) is 0 Å². The van der Waals surface area contributed by atoms with E-state index in [1.807, 2.05) is 38.1 Å². The summed E-state index contributed by atoms with van der Waals surface area (Å²) < 4.78 is 5.95. The fraction of sp³-hybridized carbons (Fsp3) is 0.250. The van der Waals surface area contributed by atoms with Crippen LogP contribution in [0.4, 0.5) is 0 Å². The van der Waals surface area contributed by atoms with E-state index in [2.05, 4.69) is 72.8 Å². The summed E-state index contributed by atoms with van der Waals surface area (Å²) in [5, 5.41) is 0. The summed E-state index contributed by atoms with van der Waals surface area (Å²) in [6.45, 7) is 4.03. The quantitative estimate of drug-likeness (QED) is 0.238. The van der Waals surface area contributed by atoms with Gasteiger partial charge in [-0.1, -0.05) is 48.6 Å². The van der Waals surface area contributed by atoms with Gasteiger partial charge in [-0.3, -0.25) is 0 Å². The zero-order valence-electron chi connectivity index (χ0n) is 18.2. The van der Waals surface area contributed by atoms with Crippen molar-refractivity contribution in [2.75, 3.05) is 0 Å². The number of carbonyl (C=O) groups is 1. The van der Waals surface area contributed by atoms with Crippen LogP contribution >= 0.6 is 0 Å². The first-order valence-corrected chi connectivity index (χ1v) is 12.1. The van der Waals surface area contributed by atoms with E-state index < -0.39 is 5.60 Å². The van der Waals surface area contributed by atoms with Gasteiger partial charge in [0, 0.05) is 5.92 Å². The van der Waals surface area contributed by atoms with Crippen molar-refractivity contribution in [1.29, 1.82) is 0 Å². The van der Waals surface area contributed by atoms with Crippen molar-refractivity contribution in [3.8, 4) is 0 Å². The summed E-state index contributed by atoms with van der Waals surface area (Å²) in [4.78, 5) is 16.6. The fourth-order valence-corrected chi connectivity index (χ4v) is 6.10. The summed E-state index contributed by atoms with van der Waals surface area (Å²) in [5.41, 5.74) is 0.0895. The first-order chi connectivity index (χ1) is 15.0. The maximum atomic E-state index is 12.9. The van der Waals surface area contributed by atoms with Gasteiger partial charge in [0.15, 0.2) is 14.7 Å². The van der Waals surface area contributed by atoms with Crippen molar-refractivity contribution in [2.24, 2.45) is 5.92 Å². The number of ether oxygens (including phenoxy) is 1. The average Bonchev–Trinajstić information content (AvgIpc) is 2.81. The minimum absolute atomic E-state index is 0.220. The highest BCUT2D eigenvalue weighted by Gasteiger charge is 2.33. The molecule has 0 aliphatic heterocycles. The van der Waals surface area contributed by atoms with Crippen LogP contribution < -0.4 is 0 Å². The molecule has 1 atom stereocenters. The lowest BCUT2D eigenvalue weighted by Crippen LogP contribution is -2.36. The standard InChI is InChI=1S/C28H29O2S/c1-28(2,23-12-6-3-7-13-23)30-27(29)22-18-20-26(21-19-22)31(24-14-8-4-9-15-24)25-16-10-5-11-17-25/h4-6,8-12,14-21,23H,3,7,13H2,1-2H3/q+1. The number of rotatable bonds is 6. The minimum Gasteiger partial charge on any atom is -0.455 e. The molecular formula is C28H29O2S+. The molecule has 1 aliphatic rings. The first kappa shape index (κ1) is 21.5. The molecule has 3 aromatic rings. The highest BCUT2D eigenvalue weighted by atomic mass is 32.2. The van der Waals surface area contributed by atoms with Gasteiger partial charge in [0.25, 0.3) is 0 Å². The first-order valence-electron chi connectivity index (χ1n) is 10.9. The van der Waals surface area contributed by atoms with Crippen molar-refractivity contribution in [3.63, 3.8) is 0 Å². The Balaban J connectivity index is 1.56. The van der Waals surface area contributed by atoms with Gasteiger partial charge in [-0.15, -0.1) is 0 Å². The Morgan fingerprint density at radius 2 is 1.39 bits per heavy atom. The molecule has 1 aliphatic carbocycles. The van der Waals surface area contributed by atoms with Gasteiger partial charge in [0.2, 0.25) is 0 Å². The Morgan fingerprint density at radius 1 is 0.839 bits per heavy atom. The Hall–Kier alpha value is -2.78. The highest BCUT2D eigenvalue weighted by molar-refractivity contribution is 7.97. The highest BCUT2D eigenvalue weighted by Crippen LogP contribution is 2.33. The van der Waals surface area contributed by atoms with Gasteiger partial charge in [0.05, 0.1) is 16.5 Å². The summed E-state index contributed by atoms with van der Waals surface area (Å²) in [7, 11) is -0.220. The monoisotopic (exact) mass is 429 g/mol. The van der Waals surface area contributed by atoms with E-state index >= 15 is 0 Å². The van der Waals surface area contributed by atoms with E-state index in [-0.39, 0.29) is 22.8 Å². The molecule has 3 aromatic carbocycles. The van der Waals surface area contributed by atoms with E-state index in [9.17, 15) is 4.79 Å². The van der Waals surface area contributed by atoms with Gasteiger partial charge in [-0.05, 0) is 81.6 Å². The Kier molecular flexibility index (Phi) is 6.62. The van der Waals surface area contributed by atoms with Gasteiger partial charge >= 0.3 is 5.97 Å². The molecule has 1 unspecified atom stereocenters. The van der Waals surface area contributed by atoms with E-state index in [1.54, 1.807) is 0 Å². The lowest BCUT2D eigenvalue weighted by molar-refractivity contribution is -0.0225. The minimum atomic E-state index is -0.509. The Morgan fingerprint density at radius 3 is 1.90 bits per heavy atom. The zero-order chi connectivity index (χ0) is 21.7. The second-order valence-electron chi connectivity index (χ2n) is 8.42. The molecule has 158 valence electrons. The number of allylic oxidation sites excluding steroid dienone is 1. The smallest absolute Gasteiger partial charge is 0.338 e. The number of benzene rings is 3. The molecule has 0 heterocycles. The van der Waals surface area contributed by atoms with Crippen LogP contribution in [0.1, 0.15) is 43.5 Å². The predicted octanol–water partition coefficient (Wildman–Crippen LogP) is 7.07. The van der Waals surface area contributed by atoms with Crippen LogP contribution in [-0.2, 0) is 15.6 Å². The third-order valence-electron chi connectivity index (χ3n) is 5.79. The summed E-state index contributed by atoms with van der Waals surface area (Å²) in [6.07, 6.45) is 7.73. The normalized spacial score (nSPS) is 16.3. The van der Waals surface area contributed by atoms with Crippen LogP contribution in [0.3, 0.4) is 0 Å². The SMILES string of the molecule is CC(C)(OC(=O)c1ccc([S+](c2ccccc2)c2ccccc2)cc1)C1C=CCCC1. The van der Waals surface area contributed by atoms with E-state index in [0.717, 1.165) is 19.3 Å². The largest absolute Gasteiger partial charge is 0.455 e. The molecule has 31 heavy (non-hydrogen) atoms. The van der Waals surface area contributed by atoms with Gasteiger partial charge < -0.3 is 4.74 Å². The van der Waals surface area contributed by atoms with Gasteiger partial charge in [-0.2, -0.15) is 0 Å². The third-order valence-corrected chi connectivity index (χ3v) is 8.02. The maximum Gasteiger partial charge on any atom is 0.338 e.